The molecular formula is C21H19FN2O4. The van der Waals surface area contributed by atoms with Gasteiger partial charge in [0.1, 0.15) is 17.7 Å². The molecule has 0 bridgehead atoms. The molecule has 0 saturated carbocycles. The maximum Gasteiger partial charge on any atom is 0.256 e. The van der Waals surface area contributed by atoms with Crippen LogP contribution in [0.2, 0.25) is 0 Å². The average molecular weight is 382 g/mol. The number of nitrogens with one attached hydrogen (secondary N) is 2. The first-order chi connectivity index (χ1) is 13.6. The third-order valence-electron chi connectivity index (χ3n) is 4.78. The lowest BCUT2D eigenvalue weighted by molar-refractivity contribution is -0.110. The van der Waals surface area contributed by atoms with Crippen LogP contribution in [0.5, 0.6) is 5.75 Å². The van der Waals surface area contributed by atoms with Crippen molar-refractivity contribution in [2.24, 2.45) is 0 Å². The van der Waals surface area contributed by atoms with E-state index in [4.69, 9.17) is 9.47 Å². The molecule has 144 valence electrons. The lowest BCUT2D eigenvalue weighted by Gasteiger charge is -2.22. The summed E-state index contributed by atoms with van der Waals surface area (Å²) in [7, 11) is 1.53. The van der Waals surface area contributed by atoms with Gasteiger partial charge in [-0.25, -0.2) is 4.39 Å². The minimum absolute atomic E-state index is 0.122. The number of benzene rings is 1. The van der Waals surface area contributed by atoms with Crippen molar-refractivity contribution < 1.29 is 23.8 Å². The van der Waals surface area contributed by atoms with E-state index in [9.17, 15) is 14.3 Å². The van der Waals surface area contributed by atoms with Crippen molar-refractivity contribution in [2.75, 3.05) is 19.0 Å². The zero-order valence-electron chi connectivity index (χ0n) is 15.2. The molecule has 2 aliphatic rings. The minimum atomic E-state index is -0.525. The minimum Gasteiger partial charge on any atom is -0.495 e. The van der Waals surface area contributed by atoms with Crippen LogP contribution in [0, 0.1) is 17.7 Å². The summed E-state index contributed by atoms with van der Waals surface area (Å²) in [5, 5.41) is 12.5. The van der Waals surface area contributed by atoms with Crippen LogP contribution in [-0.4, -0.2) is 41.9 Å². The molecular weight excluding hydrogens is 363 g/mol. The number of halogens is 1. The third kappa shape index (κ3) is 3.40. The predicted molar refractivity (Wildman–Crippen MR) is 102 cm³/mol. The lowest BCUT2D eigenvalue weighted by atomic mass is 9.98. The highest BCUT2D eigenvalue weighted by molar-refractivity contribution is 6.35. The Balaban J connectivity index is 1.77. The second kappa shape index (κ2) is 7.50. The number of carbonyl (C=O) groups is 1. The van der Waals surface area contributed by atoms with Crippen molar-refractivity contribution in [1.29, 1.82) is 0 Å². The predicted octanol–water partition coefficient (Wildman–Crippen LogP) is 2.55. The van der Waals surface area contributed by atoms with Gasteiger partial charge in [-0.1, -0.05) is 11.8 Å². The van der Waals surface area contributed by atoms with E-state index in [2.05, 4.69) is 22.1 Å². The number of H-pyrrole nitrogens is 1. The SMILES string of the molecule is COc1cc[nH]c1C=C1C(=O)Nc2ccc(F)c(C#CC3CC(O)CCO3)c21. The maximum atomic E-state index is 14.6. The van der Waals surface area contributed by atoms with Crippen molar-refractivity contribution in [3.8, 4) is 17.6 Å². The summed E-state index contributed by atoms with van der Waals surface area (Å²) in [6.07, 6.45) is 3.31. The number of hydrogen-bond acceptors (Lipinski definition) is 4. The lowest BCUT2D eigenvalue weighted by Crippen LogP contribution is -2.27. The average Bonchev–Trinajstić information content (AvgIpc) is 3.26. The molecule has 3 heterocycles. The Morgan fingerprint density at radius 3 is 3.04 bits per heavy atom. The summed E-state index contributed by atoms with van der Waals surface area (Å²) in [5.41, 5.74) is 1.92. The summed E-state index contributed by atoms with van der Waals surface area (Å²) in [6, 6.07) is 4.53. The highest BCUT2D eigenvalue weighted by atomic mass is 19.1. The van der Waals surface area contributed by atoms with Gasteiger partial charge in [0.25, 0.3) is 5.91 Å². The third-order valence-corrected chi connectivity index (χ3v) is 4.78. The first kappa shape index (κ1) is 18.3. The van der Waals surface area contributed by atoms with Crippen molar-refractivity contribution in [2.45, 2.75) is 25.0 Å². The van der Waals surface area contributed by atoms with Gasteiger partial charge in [0.15, 0.2) is 0 Å². The number of rotatable bonds is 2. The van der Waals surface area contributed by atoms with Crippen molar-refractivity contribution in [3.63, 3.8) is 0 Å². The molecule has 2 aliphatic heterocycles. The first-order valence-corrected chi connectivity index (χ1v) is 8.95. The number of amides is 1. The molecule has 4 rings (SSSR count). The zero-order chi connectivity index (χ0) is 19.7. The number of aliphatic hydroxyl groups is 1. The number of methoxy groups -OCH3 is 1. The second-order valence-electron chi connectivity index (χ2n) is 6.62. The Morgan fingerprint density at radius 1 is 1.39 bits per heavy atom. The Hall–Kier alpha value is -3.08. The van der Waals surface area contributed by atoms with E-state index in [0.717, 1.165) is 0 Å². The van der Waals surface area contributed by atoms with E-state index in [1.165, 1.54) is 19.2 Å². The number of fused-ring (bicyclic) bond motifs is 1. The molecule has 2 unspecified atom stereocenters. The van der Waals surface area contributed by atoms with Crippen LogP contribution in [0.1, 0.15) is 29.7 Å². The molecule has 28 heavy (non-hydrogen) atoms. The smallest absolute Gasteiger partial charge is 0.256 e. The number of aliphatic hydroxyl groups excluding tert-OH is 1. The summed E-state index contributed by atoms with van der Waals surface area (Å²) in [4.78, 5) is 15.5. The van der Waals surface area contributed by atoms with Crippen LogP contribution in [0.25, 0.3) is 11.6 Å². The molecule has 1 aromatic carbocycles. The number of aromatic nitrogens is 1. The normalized spacial score (nSPS) is 22.4. The quantitative estimate of drug-likeness (QED) is 0.551. The van der Waals surface area contributed by atoms with Gasteiger partial charge < -0.3 is 24.9 Å². The molecule has 7 heteroatoms. The van der Waals surface area contributed by atoms with E-state index in [0.29, 0.717) is 47.7 Å². The van der Waals surface area contributed by atoms with Crippen molar-refractivity contribution >= 4 is 23.2 Å². The largest absolute Gasteiger partial charge is 0.495 e. The van der Waals surface area contributed by atoms with E-state index < -0.39 is 18.0 Å². The summed E-state index contributed by atoms with van der Waals surface area (Å²) < 4.78 is 25.4. The van der Waals surface area contributed by atoms with Gasteiger partial charge in [-0.2, -0.15) is 0 Å². The highest BCUT2D eigenvalue weighted by Gasteiger charge is 2.29. The van der Waals surface area contributed by atoms with Crippen LogP contribution >= 0.6 is 0 Å². The molecule has 1 fully saturated rings. The molecule has 2 aromatic rings. The van der Waals surface area contributed by atoms with Gasteiger partial charge in [-0.3, -0.25) is 4.79 Å². The second-order valence-corrected chi connectivity index (χ2v) is 6.62. The topological polar surface area (TPSA) is 83.6 Å². The number of carbonyl (C=O) groups excluding carboxylic acids is 1. The van der Waals surface area contributed by atoms with E-state index >= 15 is 0 Å². The van der Waals surface area contributed by atoms with Gasteiger partial charge in [-0.15, -0.1) is 0 Å². The number of ether oxygens (including phenoxy) is 2. The van der Waals surface area contributed by atoms with E-state index in [1.807, 2.05) is 0 Å². The summed E-state index contributed by atoms with van der Waals surface area (Å²) in [5.74, 6) is 5.42. The molecule has 0 aliphatic carbocycles. The fourth-order valence-corrected chi connectivity index (χ4v) is 3.36. The molecule has 6 nitrogen and oxygen atoms in total. The van der Waals surface area contributed by atoms with Crippen LogP contribution in [0.3, 0.4) is 0 Å². The van der Waals surface area contributed by atoms with E-state index in [1.54, 1.807) is 18.3 Å². The van der Waals surface area contributed by atoms with Crippen LogP contribution in [-0.2, 0) is 9.53 Å². The molecule has 0 radical (unpaired) electrons. The standard InChI is InChI=1S/C21H19FN2O4/c1-27-19-6-8-23-18(19)11-15-20-14(3-2-13-10-12(25)7-9-28-13)16(22)4-5-17(20)24-21(15)26/h4-6,8,11-13,23,25H,7,9-10H2,1H3,(H,24,26). The Labute approximate surface area is 161 Å². The Morgan fingerprint density at radius 2 is 2.25 bits per heavy atom. The van der Waals surface area contributed by atoms with Crippen molar-refractivity contribution in [1.82, 2.24) is 4.98 Å². The van der Waals surface area contributed by atoms with Gasteiger partial charge in [0.2, 0.25) is 0 Å². The Bertz CT molecular complexity index is 1020. The van der Waals surface area contributed by atoms with Gasteiger partial charge in [0.05, 0.1) is 42.3 Å². The van der Waals surface area contributed by atoms with Gasteiger partial charge in [-0.05, 0) is 30.7 Å². The first-order valence-electron chi connectivity index (χ1n) is 8.95. The van der Waals surface area contributed by atoms with E-state index in [-0.39, 0.29) is 11.5 Å². The van der Waals surface area contributed by atoms with Gasteiger partial charge in [0, 0.05) is 18.2 Å². The summed E-state index contributed by atoms with van der Waals surface area (Å²) >= 11 is 0. The molecule has 1 amide bonds. The fourth-order valence-electron chi connectivity index (χ4n) is 3.36. The fraction of sp³-hybridized carbons (Fsp3) is 0.286. The molecule has 2 atom stereocenters. The Kier molecular flexibility index (Phi) is 4.90. The monoisotopic (exact) mass is 382 g/mol. The zero-order valence-corrected chi connectivity index (χ0v) is 15.2. The van der Waals surface area contributed by atoms with Crippen LogP contribution in [0.4, 0.5) is 10.1 Å². The van der Waals surface area contributed by atoms with Crippen LogP contribution < -0.4 is 10.1 Å². The maximum absolute atomic E-state index is 14.6. The highest BCUT2D eigenvalue weighted by Crippen LogP contribution is 2.37. The molecule has 3 N–H and O–H groups in total. The van der Waals surface area contributed by atoms with Crippen molar-refractivity contribution in [3.05, 3.63) is 47.0 Å². The molecule has 1 saturated heterocycles. The number of anilines is 1. The molecule has 0 spiro atoms. The summed E-state index contributed by atoms with van der Waals surface area (Å²) in [6.45, 7) is 0.410. The number of aromatic amines is 1. The molecule has 1 aromatic heterocycles. The van der Waals surface area contributed by atoms with Crippen LogP contribution in [0.15, 0.2) is 24.4 Å². The number of hydrogen-bond donors (Lipinski definition) is 3. The van der Waals surface area contributed by atoms with Gasteiger partial charge >= 0.3 is 0 Å².